The van der Waals surface area contributed by atoms with Crippen LogP contribution in [0.2, 0.25) is 5.02 Å². The van der Waals surface area contributed by atoms with E-state index in [0.717, 1.165) is 42.8 Å². The Morgan fingerprint density at radius 3 is 2.71 bits per heavy atom. The zero-order chi connectivity index (χ0) is 28.1. The zero-order valence-electron chi connectivity index (χ0n) is 23.4. The third-order valence-electron chi connectivity index (χ3n) is 8.66. The summed E-state index contributed by atoms with van der Waals surface area (Å²) < 4.78 is 2.20. The van der Waals surface area contributed by atoms with E-state index in [1.807, 2.05) is 24.3 Å². The highest BCUT2D eigenvalue weighted by Crippen LogP contribution is 2.48. The van der Waals surface area contributed by atoms with Gasteiger partial charge in [-0.05, 0) is 80.9 Å². The number of fused-ring (bicyclic) bond motifs is 1. The van der Waals surface area contributed by atoms with Gasteiger partial charge in [-0.2, -0.15) is 0 Å². The highest BCUT2D eigenvalue weighted by atomic mass is 35.5. The van der Waals surface area contributed by atoms with E-state index in [1.54, 1.807) is 6.07 Å². The molecule has 4 aromatic rings. The lowest BCUT2D eigenvalue weighted by Gasteiger charge is -2.22. The summed E-state index contributed by atoms with van der Waals surface area (Å²) in [5.74, 6) is 1.89. The van der Waals surface area contributed by atoms with Crippen LogP contribution in [-0.4, -0.2) is 63.4 Å². The van der Waals surface area contributed by atoms with E-state index in [2.05, 4.69) is 67.4 Å². The molecule has 0 bridgehead atoms. The minimum absolute atomic E-state index is 0.0302. The number of likely N-dealkylation sites (N-methyl/N-ethyl adjacent to an activating group) is 1. The van der Waals surface area contributed by atoms with E-state index in [4.69, 9.17) is 16.6 Å². The van der Waals surface area contributed by atoms with Gasteiger partial charge in [0.05, 0.1) is 17.9 Å². The normalized spacial score (nSPS) is 22.0. The quantitative estimate of drug-likeness (QED) is 0.287. The van der Waals surface area contributed by atoms with Crippen LogP contribution in [0.4, 0.5) is 17.3 Å². The van der Waals surface area contributed by atoms with Gasteiger partial charge >= 0.3 is 0 Å². The molecule has 2 aliphatic carbocycles. The topological polar surface area (TPSA) is 90.7 Å². The number of carbonyl (C=O) groups is 1. The Kier molecular flexibility index (Phi) is 6.79. The average molecular weight is 571 g/mol. The summed E-state index contributed by atoms with van der Waals surface area (Å²) in [5, 5.41) is 7.02. The van der Waals surface area contributed by atoms with E-state index >= 15 is 0 Å². The average Bonchev–Trinajstić information content (AvgIpc) is 3.87. The van der Waals surface area contributed by atoms with Crippen LogP contribution in [-0.2, 0) is 11.3 Å². The molecule has 2 N–H and O–H groups in total. The standard InChI is InChI=1S/C31H35ClN8O/c1-38(2)24-8-9-39(17-24)27-11-21(19-6-7-19)15-40-16-23(36-30(27)40)14-33-28-13-29(35-18-34-28)37-31(41)26-12-25(26)20-4-3-5-22(32)10-20/h3-5,10-11,13,15-16,18-19,24-26H,6-9,12,14,17H2,1-2H3,(H2,33,34,35,37,41)/t24?,25-,26+/m1/s1. The van der Waals surface area contributed by atoms with Crippen LogP contribution >= 0.6 is 11.6 Å². The number of halogens is 1. The third-order valence-corrected chi connectivity index (χ3v) is 8.89. The second-order valence-electron chi connectivity index (χ2n) is 11.9. The number of rotatable bonds is 9. The molecular weight excluding hydrogens is 536 g/mol. The van der Waals surface area contributed by atoms with Crippen LogP contribution in [0.25, 0.3) is 5.65 Å². The Morgan fingerprint density at radius 2 is 1.93 bits per heavy atom. The summed E-state index contributed by atoms with van der Waals surface area (Å²) in [4.78, 5) is 31.3. The van der Waals surface area contributed by atoms with Gasteiger partial charge in [0, 0.05) is 48.5 Å². The number of nitrogens with one attached hydrogen (secondary N) is 2. The summed E-state index contributed by atoms with van der Waals surface area (Å²) in [6.07, 6.45) is 10.3. The molecule has 212 valence electrons. The van der Waals surface area contributed by atoms with E-state index < -0.39 is 0 Å². The van der Waals surface area contributed by atoms with E-state index in [1.165, 1.54) is 30.4 Å². The Bertz CT molecular complexity index is 1600. The number of carbonyl (C=O) groups excluding carboxylic acids is 1. The number of anilines is 3. The summed E-state index contributed by atoms with van der Waals surface area (Å²) in [5.41, 5.74) is 5.68. The smallest absolute Gasteiger partial charge is 0.229 e. The van der Waals surface area contributed by atoms with Gasteiger partial charge in [0.15, 0.2) is 5.65 Å². The van der Waals surface area contributed by atoms with Gasteiger partial charge in [-0.15, -0.1) is 0 Å². The van der Waals surface area contributed by atoms with E-state index in [0.29, 0.717) is 35.2 Å². The van der Waals surface area contributed by atoms with Crippen LogP contribution in [0, 0.1) is 5.92 Å². The van der Waals surface area contributed by atoms with Crippen molar-refractivity contribution in [1.82, 2.24) is 24.3 Å². The van der Waals surface area contributed by atoms with E-state index in [-0.39, 0.29) is 17.7 Å². The van der Waals surface area contributed by atoms with Crippen molar-refractivity contribution in [2.24, 2.45) is 5.92 Å². The molecule has 1 aliphatic heterocycles. The minimum atomic E-state index is -0.0730. The molecule has 3 aliphatic rings. The highest BCUT2D eigenvalue weighted by Gasteiger charge is 2.44. The van der Waals surface area contributed by atoms with Crippen molar-refractivity contribution < 1.29 is 4.79 Å². The highest BCUT2D eigenvalue weighted by molar-refractivity contribution is 6.30. The molecule has 41 heavy (non-hydrogen) atoms. The molecule has 7 rings (SSSR count). The van der Waals surface area contributed by atoms with Crippen molar-refractivity contribution >= 4 is 40.5 Å². The van der Waals surface area contributed by atoms with Gasteiger partial charge in [-0.3, -0.25) is 4.79 Å². The summed E-state index contributed by atoms with van der Waals surface area (Å²) in [7, 11) is 4.33. The number of nitrogens with zero attached hydrogens (tertiary/aromatic N) is 6. The molecule has 1 saturated heterocycles. The van der Waals surface area contributed by atoms with Crippen LogP contribution in [0.5, 0.6) is 0 Å². The lowest BCUT2D eigenvalue weighted by molar-refractivity contribution is -0.117. The van der Waals surface area contributed by atoms with E-state index in [9.17, 15) is 4.79 Å². The number of benzene rings is 1. The SMILES string of the molecule is CN(C)C1CCN(c2cc(C3CC3)cn3cc(CNc4cc(NC(=O)[C@H]5C[C@@H]5c5cccc(Cl)c5)ncn4)nc23)C1. The second-order valence-corrected chi connectivity index (χ2v) is 12.3. The molecule has 0 radical (unpaired) electrons. The Labute approximate surface area is 244 Å². The summed E-state index contributed by atoms with van der Waals surface area (Å²) in [6, 6.07) is 12.4. The predicted octanol–water partition coefficient (Wildman–Crippen LogP) is 5.15. The first kappa shape index (κ1) is 26.2. The molecule has 3 fully saturated rings. The van der Waals surface area contributed by atoms with Gasteiger partial charge in [-0.25, -0.2) is 15.0 Å². The summed E-state index contributed by atoms with van der Waals surface area (Å²) >= 11 is 6.13. The Hall–Kier alpha value is -3.69. The lowest BCUT2D eigenvalue weighted by atomic mass is 10.1. The minimum Gasteiger partial charge on any atom is -0.367 e. The van der Waals surface area contributed by atoms with Gasteiger partial charge in [-0.1, -0.05) is 23.7 Å². The largest absolute Gasteiger partial charge is 0.367 e. The van der Waals surface area contributed by atoms with Crippen molar-refractivity contribution in [2.45, 2.75) is 50.1 Å². The predicted molar refractivity (Wildman–Crippen MR) is 162 cm³/mol. The number of pyridine rings is 1. The van der Waals surface area contributed by atoms with Gasteiger partial charge in [0.1, 0.15) is 18.0 Å². The third kappa shape index (κ3) is 5.61. The second kappa shape index (κ2) is 10.6. The molecule has 1 unspecified atom stereocenters. The molecule has 1 aromatic carbocycles. The van der Waals surface area contributed by atoms with Gasteiger partial charge in [0.25, 0.3) is 0 Å². The van der Waals surface area contributed by atoms with Crippen LogP contribution < -0.4 is 15.5 Å². The Balaban J connectivity index is 1.03. The van der Waals surface area contributed by atoms with Gasteiger partial charge in [0.2, 0.25) is 5.91 Å². The molecule has 3 atom stereocenters. The number of hydrogen-bond acceptors (Lipinski definition) is 7. The number of imidazole rings is 1. The maximum Gasteiger partial charge on any atom is 0.229 e. The molecule has 3 aromatic heterocycles. The van der Waals surface area contributed by atoms with Crippen molar-refractivity contribution in [3.63, 3.8) is 0 Å². The molecule has 9 nitrogen and oxygen atoms in total. The first-order chi connectivity index (χ1) is 19.9. The maximum atomic E-state index is 12.9. The monoisotopic (exact) mass is 570 g/mol. The first-order valence-corrected chi connectivity index (χ1v) is 14.8. The van der Waals surface area contributed by atoms with Crippen LogP contribution in [0.3, 0.4) is 0 Å². The number of hydrogen-bond donors (Lipinski definition) is 2. The molecule has 2 saturated carbocycles. The fourth-order valence-corrected chi connectivity index (χ4v) is 6.20. The van der Waals surface area contributed by atoms with Crippen molar-refractivity contribution in [2.75, 3.05) is 42.7 Å². The maximum absolute atomic E-state index is 12.9. The first-order valence-electron chi connectivity index (χ1n) is 14.5. The van der Waals surface area contributed by atoms with Crippen molar-refractivity contribution in [3.8, 4) is 0 Å². The summed E-state index contributed by atoms with van der Waals surface area (Å²) in [6.45, 7) is 2.58. The molecule has 0 spiro atoms. The number of amides is 1. The van der Waals surface area contributed by atoms with Crippen LogP contribution in [0.15, 0.2) is 55.1 Å². The van der Waals surface area contributed by atoms with Crippen molar-refractivity contribution in [3.05, 3.63) is 77.0 Å². The van der Waals surface area contributed by atoms with Crippen LogP contribution in [0.1, 0.15) is 54.3 Å². The molecule has 4 heterocycles. The zero-order valence-corrected chi connectivity index (χ0v) is 24.2. The van der Waals surface area contributed by atoms with Crippen molar-refractivity contribution in [1.29, 1.82) is 0 Å². The molecular formula is C31H35ClN8O. The molecule has 10 heteroatoms. The number of aromatic nitrogens is 4. The fourth-order valence-electron chi connectivity index (χ4n) is 6.01. The Morgan fingerprint density at radius 1 is 1.07 bits per heavy atom. The van der Waals surface area contributed by atoms with Gasteiger partial charge < -0.3 is 24.8 Å². The lowest BCUT2D eigenvalue weighted by Crippen LogP contribution is -2.31. The fraction of sp³-hybridized carbons (Fsp3) is 0.419. The molecule has 1 amide bonds.